The van der Waals surface area contributed by atoms with Crippen LogP contribution < -0.4 is 10.6 Å². The average Bonchev–Trinajstić information content (AvgIpc) is 3.25. The van der Waals surface area contributed by atoms with Crippen LogP contribution in [0.4, 0.5) is 0 Å². The molecule has 0 saturated carbocycles. The zero-order valence-electron chi connectivity index (χ0n) is 15.8. The number of ether oxygens (including phenoxy) is 1. The second-order valence-electron chi connectivity index (χ2n) is 6.25. The van der Waals surface area contributed by atoms with Crippen molar-refractivity contribution < 1.29 is 19.1 Å². The molecule has 0 aliphatic heterocycles. The summed E-state index contributed by atoms with van der Waals surface area (Å²) >= 11 is 0. The molecule has 2 heterocycles. The fourth-order valence-corrected chi connectivity index (χ4v) is 3.05. The van der Waals surface area contributed by atoms with Gasteiger partial charge in [0.05, 0.1) is 18.2 Å². The van der Waals surface area contributed by atoms with Gasteiger partial charge in [0, 0.05) is 24.2 Å². The van der Waals surface area contributed by atoms with Crippen LogP contribution in [0, 0.1) is 13.8 Å². The first-order chi connectivity index (χ1) is 13.4. The molecule has 2 aromatic heterocycles. The molecule has 0 aliphatic rings. The summed E-state index contributed by atoms with van der Waals surface area (Å²) in [5, 5.41) is 13.0. The highest BCUT2D eigenvalue weighted by Crippen LogP contribution is 2.18. The van der Waals surface area contributed by atoms with Gasteiger partial charge in [-0.2, -0.15) is 5.10 Å². The van der Waals surface area contributed by atoms with Crippen LogP contribution in [0.3, 0.4) is 0 Å². The van der Waals surface area contributed by atoms with Crippen LogP contribution in [0.15, 0.2) is 24.3 Å². The molecule has 0 atom stereocenters. The molecule has 0 radical (unpaired) electrons. The number of aromatic amines is 2. The summed E-state index contributed by atoms with van der Waals surface area (Å²) in [5.74, 6) is -1.19. The number of amides is 2. The lowest BCUT2D eigenvalue weighted by atomic mass is 10.1. The summed E-state index contributed by atoms with van der Waals surface area (Å²) in [6.07, 6.45) is 0. The number of benzene rings is 1. The Bertz CT molecular complexity index is 1050. The number of aromatic nitrogens is 3. The third-order valence-corrected chi connectivity index (χ3v) is 4.44. The maximum absolute atomic E-state index is 12.4. The van der Waals surface area contributed by atoms with Crippen LogP contribution in [-0.2, 0) is 4.74 Å². The van der Waals surface area contributed by atoms with Gasteiger partial charge < -0.3 is 20.4 Å². The molecule has 0 unspecified atom stereocenters. The van der Waals surface area contributed by atoms with E-state index in [1.54, 1.807) is 13.8 Å². The molecule has 28 heavy (non-hydrogen) atoms. The Hall–Kier alpha value is -3.62. The summed E-state index contributed by atoms with van der Waals surface area (Å²) in [5.41, 5.74) is 2.82. The normalized spacial score (nSPS) is 10.7. The van der Waals surface area contributed by atoms with Crippen LogP contribution in [0.1, 0.15) is 42.6 Å². The molecule has 0 spiro atoms. The Labute approximate surface area is 160 Å². The van der Waals surface area contributed by atoms with Gasteiger partial charge in [-0.25, -0.2) is 4.79 Å². The zero-order chi connectivity index (χ0) is 20.3. The lowest BCUT2D eigenvalue weighted by Gasteiger charge is -2.06. The zero-order valence-corrected chi connectivity index (χ0v) is 15.8. The molecular weight excluding hydrogens is 362 g/mol. The van der Waals surface area contributed by atoms with Crippen LogP contribution >= 0.6 is 0 Å². The first-order valence-corrected chi connectivity index (χ1v) is 8.71. The van der Waals surface area contributed by atoms with E-state index < -0.39 is 5.97 Å². The van der Waals surface area contributed by atoms with Crippen molar-refractivity contribution in [2.75, 3.05) is 20.2 Å². The lowest BCUT2D eigenvalue weighted by Crippen LogP contribution is -2.35. The van der Waals surface area contributed by atoms with Gasteiger partial charge >= 0.3 is 5.97 Å². The third-order valence-electron chi connectivity index (χ3n) is 4.44. The molecule has 3 rings (SSSR count). The topological polar surface area (TPSA) is 129 Å². The van der Waals surface area contributed by atoms with E-state index in [-0.39, 0.29) is 24.9 Å². The number of para-hydroxylation sites is 1. The van der Waals surface area contributed by atoms with Gasteiger partial charge in [0.1, 0.15) is 5.69 Å². The van der Waals surface area contributed by atoms with E-state index in [4.69, 9.17) is 4.74 Å². The van der Waals surface area contributed by atoms with Crippen LogP contribution in [0.5, 0.6) is 0 Å². The van der Waals surface area contributed by atoms with Gasteiger partial charge in [-0.1, -0.05) is 18.2 Å². The van der Waals surface area contributed by atoms with E-state index >= 15 is 0 Å². The predicted octanol–water partition coefficient (Wildman–Crippen LogP) is 1.45. The van der Waals surface area contributed by atoms with Crippen molar-refractivity contribution in [1.82, 2.24) is 25.8 Å². The van der Waals surface area contributed by atoms with Crippen molar-refractivity contribution >= 4 is 28.7 Å². The lowest BCUT2D eigenvalue weighted by molar-refractivity contribution is 0.0599. The Morgan fingerprint density at radius 1 is 1.07 bits per heavy atom. The van der Waals surface area contributed by atoms with Gasteiger partial charge in [-0.05, 0) is 25.5 Å². The van der Waals surface area contributed by atoms with Gasteiger partial charge in [0.25, 0.3) is 11.8 Å². The van der Waals surface area contributed by atoms with Crippen molar-refractivity contribution in [2.45, 2.75) is 13.8 Å². The molecule has 146 valence electrons. The van der Waals surface area contributed by atoms with Gasteiger partial charge in [0.15, 0.2) is 5.69 Å². The summed E-state index contributed by atoms with van der Waals surface area (Å²) < 4.78 is 4.74. The van der Waals surface area contributed by atoms with E-state index in [1.807, 2.05) is 24.3 Å². The first kappa shape index (κ1) is 19.2. The second kappa shape index (κ2) is 7.95. The van der Waals surface area contributed by atoms with Gasteiger partial charge in [0.2, 0.25) is 0 Å². The maximum Gasteiger partial charge on any atom is 0.339 e. The standard InChI is InChI=1S/C19H21N5O4/c1-10-14(19(27)28-3)11(2)22-15(10)17(25)20-8-9-21-18(26)16-12-6-4-5-7-13(12)23-24-16/h4-7,22H,8-9H2,1-3H3,(H,20,25)(H,21,26)(H,23,24). The number of aryl methyl sites for hydroxylation is 1. The quantitative estimate of drug-likeness (QED) is 0.378. The minimum atomic E-state index is -0.496. The van der Waals surface area contributed by atoms with Gasteiger partial charge in [-0.15, -0.1) is 0 Å². The summed E-state index contributed by atoms with van der Waals surface area (Å²) in [6, 6.07) is 7.33. The van der Waals surface area contributed by atoms with E-state index in [1.165, 1.54) is 7.11 Å². The number of rotatable bonds is 6. The molecule has 3 aromatic rings. The Balaban J connectivity index is 1.56. The Morgan fingerprint density at radius 2 is 1.75 bits per heavy atom. The number of methoxy groups -OCH3 is 1. The highest BCUT2D eigenvalue weighted by atomic mass is 16.5. The number of hydrogen-bond donors (Lipinski definition) is 4. The minimum absolute atomic E-state index is 0.220. The van der Waals surface area contributed by atoms with Crippen molar-refractivity contribution in [1.29, 1.82) is 0 Å². The monoisotopic (exact) mass is 383 g/mol. The fourth-order valence-electron chi connectivity index (χ4n) is 3.05. The molecule has 9 nitrogen and oxygen atoms in total. The number of nitrogens with zero attached hydrogens (tertiary/aromatic N) is 1. The number of carbonyl (C=O) groups excluding carboxylic acids is 3. The summed E-state index contributed by atoms with van der Waals surface area (Å²) in [4.78, 5) is 39.4. The Morgan fingerprint density at radius 3 is 2.46 bits per heavy atom. The largest absolute Gasteiger partial charge is 0.465 e. The second-order valence-corrected chi connectivity index (χ2v) is 6.25. The van der Waals surface area contributed by atoms with Crippen molar-refractivity contribution in [2.24, 2.45) is 0 Å². The number of fused-ring (bicyclic) bond motifs is 1. The van der Waals surface area contributed by atoms with Crippen molar-refractivity contribution in [3.63, 3.8) is 0 Å². The number of hydrogen-bond acceptors (Lipinski definition) is 5. The molecule has 0 fully saturated rings. The number of nitrogens with one attached hydrogen (secondary N) is 4. The smallest absolute Gasteiger partial charge is 0.339 e. The van der Waals surface area contributed by atoms with Crippen molar-refractivity contribution in [3.8, 4) is 0 Å². The van der Waals surface area contributed by atoms with E-state index in [2.05, 4.69) is 25.8 Å². The maximum atomic E-state index is 12.4. The summed E-state index contributed by atoms with van der Waals surface area (Å²) in [6.45, 7) is 3.83. The fraction of sp³-hybridized carbons (Fsp3) is 0.263. The molecule has 2 amide bonds. The highest BCUT2D eigenvalue weighted by Gasteiger charge is 2.22. The first-order valence-electron chi connectivity index (χ1n) is 8.71. The SMILES string of the molecule is COC(=O)c1c(C)[nH]c(C(=O)NCCNC(=O)c2n[nH]c3ccccc23)c1C. The molecule has 0 aliphatic carbocycles. The molecule has 0 bridgehead atoms. The number of H-pyrrole nitrogens is 2. The van der Waals surface area contributed by atoms with Crippen LogP contribution in [-0.4, -0.2) is 53.2 Å². The summed E-state index contributed by atoms with van der Waals surface area (Å²) in [7, 11) is 1.29. The van der Waals surface area contributed by atoms with E-state index in [9.17, 15) is 14.4 Å². The third kappa shape index (κ3) is 3.59. The van der Waals surface area contributed by atoms with Crippen LogP contribution in [0.2, 0.25) is 0 Å². The predicted molar refractivity (Wildman–Crippen MR) is 102 cm³/mol. The molecule has 0 saturated heterocycles. The molecule has 1 aromatic carbocycles. The minimum Gasteiger partial charge on any atom is -0.465 e. The van der Waals surface area contributed by atoms with E-state index in [0.717, 1.165) is 10.9 Å². The Kier molecular flexibility index (Phi) is 5.44. The number of carbonyl (C=O) groups is 3. The van der Waals surface area contributed by atoms with E-state index in [0.29, 0.717) is 28.2 Å². The average molecular weight is 383 g/mol. The van der Waals surface area contributed by atoms with Gasteiger partial charge in [-0.3, -0.25) is 14.7 Å². The van der Waals surface area contributed by atoms with Crippen molar-refractivity contribution in [3.05, 3.63) is 52.5 Å². The molecule has 4 N–H and O–H groups in total. The molecular formula is C19H21N5O4. The van der Waals surface area contributed by atoms with Crippen LogP contribution in [0.25, 0.3) is 10.9 Å². The molecule has 9 heteroatoms. The number of esters is 1. The highest BCUT2D eigenvalue weighted by molar-refractivity contribution is 6.04.